The number of carbonyl (C=O) groups is 1. The Morgan fingerprint density at radius 3 is 2.84 bits per heavy atom. The number of aliphatic carboxylic acids is 1. The number of hydrogen-bond donors (Lipinski definition) is 3. The highest BCUT2D eigenvalue weighted by atomic mass is 16.4. The van der Waals surface area contributed by atoms with Crippen LogP contribution in [-0.2, 0) is 17.6 Å². The lowest BCUT2D eigenvalue weighted by molar-refractivity contribution is -0.138. The molecule has 0 amide bonds. The van der Waals surface area contributed by atoms with Crippen molar-refractivity contribution in [3.05, 3.63) is 41.9 Å². The van der Waals surface area contributed by atoms with Gasteiger partial charge in [-0.05, 0) is 75.6 Å². The predicted octanol–water partition coefficient (Wildman–Crippen LogP) is 2.97. The van der Waals surface area contributed by atoms with Crippen LogP contribution >= 0.6 is 0 Å². The minimum Gasteiger partial charge on any atom is -0.480 e. The summed E-state index contributed by atoms with van der Waals surface area (Å²) in [7, 11) is 0. The summed E-state index contributed by atoms with van der Waals surface area (Å²) in [5.74, 6) is 0.563. The third-order valence-corrected chi connectivity index (χ3v) is 6.02. The van der Waals surface area contributed by atoms with Crippen LogP contribution in [0.15, 0.2) is 30.6 Å². The summed E-state index contributed by atoms with van der Waals surface area (Å²) in [4.78, 5) is 27.1. The van der Waals surface area contributed by atoms with Crippen molar-refractivity contribution in [2.75, 3.05) is 30.3 Å². The lowest BCUT2D eigenvalue weighted by atomic mass is 10.1. The Kier molecular flexibility index (Phi) is 7.30. The standard InChI is InChI=1S/C23H32N6O2/c30-22(31)20(28-23-25-13-4-14-26-23)11-16-29(19-9-10-19)15-2-1-6-18-8-7-17-5-3-12-24-21(17)27-18/h4,7-8,13-14,19-20H,1-3,5-6,9-12,15-16H2,(H,24,27)(H,30,31)(H,25,26,28). The minimum absolute atomic E-state index is 0.361. The second-order valence-electron chi connectivity index (χ2n) is 8.46. The van der Waals surface area contributed by atoms with Gasteiger partial charge in [-0.2, -0.15) is 0 Å². The molecule has 0 saturated heterocycles. The molecule has 1 fully saturated rings. The summed E-state index contributed by atoms with van der Waals surface area (Å²) in [5, 5.41) is 15.9. The fraction of sp³-hybridized carbons (Fsp3) is 0.565. The van der Waals surface area contributed by atoms with E-state index in [1.165, 1.54) is 24.8 Å². The number of aromatic nitrogens is 3. The Bertz CT molecular complexity index is 858. The van der Waals surface area contributed by atoms with Gasteiger partial charge in [0.2, 0.25) is 5.95 Å². The monoisotopic (exact) mass is 424 g/mol. The van der Waals surface area contributed by atoms with Gasteiger partial charge < -0.3 is 20.6 Å². The molecule has 0 bridgehead atoms. The molecule has 1 aliphatic carbocycles. The normalized spacial score (nSPS) is 16.4. The maximum absolute atomic E-state index is 11.7. The van der Waals surface area contributed by atoms with Crippen LogP contribution in [0, 0.1) is 0 Å². The lowest BCUT2D eigenvalue weighted by Crippen LogP contribution is -2.36. The Labute approximate surface area is 183 Å². The van der Waals surface area contributed by atoms with Gasteiger partial charge in [-0.15, -0.1) is 0 Å². The highest BCUT2D eigenvalue weighted by Crippen LogP contribution is 2.28. The maximum Gasteiger partial charge on any atom is 0.326 e. The molecule has 8 nitrogen and oxygen atoms in total. The number of hydrogen-bond acceptors (Lipinski definition) is 7. The van der Waals surface area contributed by atoms with Gasteiger partial charge in [-0.25, -0.2) is 19.7 Å². The molecule has 1 aliphatic heterocycles. The van der Waals surface area contributed by atoms with Crippen molar-refractivity contribution in [2.24, 2.45) is 0 Å². The van der Waals surface area contributed by atoms with Crippen LogP contribution in [0.2, 0.25) is 0 Å². The van der Waals surface area contributed by atoms with E-state index in [9.17, 15) is 9.90 Å². The molecular formula is C23H32N6O2. The number of nitrogens with zero attached hydrogens (tertiary/aromatic N) is 4. The van der Waals surface area contributed by atoms with Crippen molar-refractivity contribution < 1.29 is 9.90 Å². The first-order valence-electron chi connectivity index (χ1n) is 11.4. The average molecular weight is 425 g/mol. The Morgan fingerprint density at radius 1 is 1.23 bits per heavy atom. The summed E-state index contributed by atoms with van der Waals surface area (Å²) in [6.07, 6.45) is 11.6. The smallest absolute Gasteiger partial charge is 0.326 e. The quantitative estimate of drug-likeness (QED) is 0.447. The van der Waals surface area contributed by atoms with E-state index in [2.05, 4.69) is 37.6 Å². The van der Waals surface area contributed by atoms with E-state index in [1.54, 1.807) is 18.5 Å². The zero-order chi connectivity index (χ0) is 21.5. The van der Waals surface area contributed by atoms with Gasteiger partial charge in [0.15, 0.2) is 0 Å². The molecule has 166 valence electrons. The van der Waals surface area contributed by atoms with E-state index >= 15 is 0 Å². The van der Waals surface area contributed by atoms with E-state index in [0.29, 0.717) is 18.4 Å². The van der Waals surface area contributed by atoms with Crippen molar-refractivity contribution in [1.29, 1.82) is 0 Å². The summed E-state index contributed by atoms with van der Waals surface area (Å²) in [6, 6.07) is 6.02. The van der Waals surface area contributed by atoms with Gasteiger partial charge in [-0.3, -0.25) is 0 Å². The molecule has 3 N–H and O–H groups in total. The largest absolute Gasteiger partial charge is 0.480 e. The molecule has 0 aromatic carbocycles. The first kappa shape index (κ1) is 21.5. The van der Waals surface area contributed by atoms with Crippen LogP contribution in [0.3, 0.4) is 0 Å². The Balaban J connectivity index is 1.22. The van der Waals surface area contributed by atoms with E-state index in [0.717, 1.165) is 56.8 Å². The molecule has 2 aliphatic rings. The Morgan fingerprint density at radius 2 is 2.06 bits per heavy atom. The molecule has 0 radical (unpaired) electrons. The summed E-state index contributed by atoms with van der Waals surface area (Å²) < 4.78 is 0. The fourth-order valence-electron chi connectivity index (χ4n) is 4.13. The predicted molar refractivity (Wildman–Crippen MR) is 120 cm³/mol. The van der Waals surface area contributed by atoms with Gasteiger partial charge in [0.25, 0.3) is 0 Å². The van der Waals surface area contributed by atoms with Crippen molar-refractivity contribution in [3.8, 4) is 0 Å². The number of nitrogens with one attached hydrogen (secondary N) is 2. The summed E-state index contributed by atoms with van der Waals surface area (Å²) in [5.41, 5.74) is 2.49. The number of unbranched alkanes of at least 4 members (excludes halogenated alkanes) is 1. The third-order valence-electron chi connectivity index (χ3n) is 6.02. The molecule has 0 spiro atoms. The number of carboxylic acids is 1. The minimum atomic E-state index is -0.865. The summed E-state index contributed by atoms with van der Waals surface area (Å²) >= 11 is 0. The topological polar surface area (TPSA) is 103 Å². The maximum atomic E-state index is 11.7. The van der Waals surface area contributed by atoms with Crippen LogP contribution in [0.5, 0.6) is 0 Å². The molecule has 1 saturated carbocycles. The van der Waals surface area contributed by atoms with Crippen LogP contribution in [0.1, 0.15) is 49.8 Å². The van der Waals surface area contributed by atoms with Gasteiger partial charge in [0.1, 0.15) is 11.9 Å². The fourth-order valence-corrected chi connectivity index (χ4v) is 4.13. The number of anilines is 2. The second-order valence-corrected chi connectivity index (χ2v) is 8.46. The van der Waals surface area contributed by atoms with Gasteiger partial charge in [-0.1, -0.05) is 6.07 Å². The van der Waals surface area contributed by atoms with E-state index in [1.807, 2.05) is 0 Å². The first-order chi connectivity index (χ1) is 15.2. The van der Waals surface area contributed by atoms with Gasteiger partial charge in [0, 0.05) is 37.2 Å². The van der Waals surface area contributed by atoms with Crippen LogP contribution < -0.4 is 10.6 Å². The summed E-state index contributed by atoms with van der Waals surface area (Å²) in [6.45, 7) is 2.78. The average Bonchev–Trinajstić information content (AvgIpc) is 3.63. The van der Waals surface area contributed by atoms with Crippen molar-refractivity contribution in [1.82, 2.24) is 19.9 Å². The first-order valence-corrected chi connectivity index (χ1v) is 11.4. The van der Waals surface area contributed by atoms with Crippen molar-refractivity contribution in [2.45, 2.75) is 63.5 Å². The van der Waals surface area contributed by atoms with Gasteiger partial charge >= 0.3 is 5.97 Å². The number of carboxylic acid groups (broad SMARTS) is 1. The lowest BCUT2D eigenvalue weighted by Gasteiger charge is -2.24. The zero-order valence-electron chi connectivity index (χ0n) is 18.0. The molecule has 31 heavy (non-hydrogen) atoms. The highest BCUT2D eigenvalue weighted by molar-refractivity contribution is 5.76. The van der Waals surface area contributed by atoms with E-state index < -0.39 is 12.0 Å². The molecule has 4 rings (SSSR count). The van der Waals surface area contributed by atoms with E-state index in [4.69, 9.17) is 4.98 Å². The molecule has 8 heteroatoms. The molecule has 2 aromatic heterocycles. The molecule has 1 atom stereocenters. The highest BCUT2D eigenvalue weighted by Gasteiger charge is 2.29. The van der Waals surface area contributed by atoms with Crippen LogP contribution in [0.25, 0.3) is 0 Å². The van der Waals surface area contributed by atoms with Crippen molar-refractivity contribution >= 4 is 17.7 Å². The number of fused-ring (bicyclic) bond motifs is 1. The van der Waals surface area contributed by atoms with Gasteiger partial charge in [0.05, 0.1) is 0 Å². The van der Waals surface area contributed by atoms with Crippen LogP contribution in [-0.4, -0.2) is 62.6 Å². The number of pyridine rings is 1. The number of aryl methyl sites for hydroxylation is 2. The Hall–Kier alpha value is -2.74. The zero-order valence-corrected chi connectivity index (χ0v) is 18.0. The molecule has 1 unspecified atom stereocenters. The molecule has 3 heterocycles. The SMILES string of the molecule is O=C(O)C(CCN(CCCCc1ccc2c(n1)NCCC2)C1CC1)Nc1ncccn1. The third kappa shape index (κ3) is 6.37. The van der Waals surface area contributed by atoms with Crippen molar-refractivity contribution in [3.63, 3.8) is 0 Å². The second kappa shape index (κ2) is 10.5. The molecule has 2 aromatic rings. The molecular weight excluding hydrogens is 392 g/mol. The number of rotatable bonds is 12. The van der Waals surface area contributed by atoms with E-state index in [-0.39, 0.29) is 0 Å². The van der Waals surface area contributed by atoms with Crippen LogP contribution in [0.4, 0.5) is 11.8 Å².